The number of hydrogen-bond donors (Lipinski definition) is 1. The van der Waals surface area contributed by atoms with Gasteiger partial charge >= 0.3 is 5.97 Å². The van der Waals surface area contributed by atoms with Crippen LogP contribution >= 0.6 is 0 Å². The van der Waals surface area contributed by atoms with Crippen LogP contribution in [0.15, 0.2) is 0 Å². The summed E-state index contributed by atoms with van der Waals surface area (Å²) in [6.07, 6.45) is 4.37. The van der Waals surface area contributed by atoms with E-state index in [4.69, 9.17) is 4.74 Å². The standard InChI is InChI=1S/C17H34N2O2/c1-6-10-18-17(5,16(20)21-8-3)12-14(4)19-11-9-15(7-2)13-19/h14-15,18H,6-13H2,1-5H3. The van der Waals surface area contributed by atoms with Crippen LogP contribution in [-0.4, -0.2) is 48.7 Å². The van der Waals surface area contributed by atoms with Crippen LogP contribution in [0.3, 0.4) is 0 Å². The average Bonchev–Trinajstić information content (AvgIpc) is 2.94. The van der Waals surface area contributed by atoms with Crippen molar-refractivity contribution in [3.05, 3.63) is 0 Å². The van der Waals surface area contributed by atoms with Crippen molar-refractivity contribution in [2.24, 2.45) is 5.92 Å². The lowest BCUT2D eigenvalue weighted by molar-refractivity contribution is -0.151. The van der Waals surface area contributed by atoms with E-state index in [-0.39, 0.29) is 5.97 Å². The lowest BCUT2D eigenvalue weighted by Crippen LogP contribution is -2.54. The van der Waals surface area contributed by atoms with E-state index < -0.39 is 5.54 Å². The summed E-state index contributed by atoms with van der Waals surface area (Å²) in [5.74, 6) is 0.710. The first-order chi connectivity index (χ1) is 9.96. The summed E-state index contributed by atoms with van der Waals surface area (Å²) in [6.45, 7) is 14.1. The van der Waals surface area contributed by atoms with Gasteiger partial charge in [-0.1, -0.05) is 20.3 Å². The normalized spacial score (nSPS) is 23.8. The Kier molecular flexibility index (Phi) is 7.67. The Bertz CT molecular complexity index is 322. The molecule has 0 spiro atoms. The molecule has 0 aliphatic carbocycles. The SMILES string of the molecule is CCCNC(C)(CC(C)N1CCC(CC)C1)C(=O)OCC. The number of carbonyl (C=O) groups is 1. The van der Waals surface area contributed by atoms with Gasteiger partial charge in [-0.05, 0) is 59.0 Å². The molecule has 1 rings (SSSR count). The van der Waals surface area contributed by atoms with Gasteiger partial charge in [-0.25, -0.2) is 0 Å². The molecule has 1 aliphatic rings. The number of esters is 1. The van der Waals surface area contributed by atoms with Crippen molar-refractivity contribution in [1.82, 2.24) is 10.2 Å². The van der Waals surface area contributed by atoms with Crippen molar-refractivity contribution >= 4 is 5.97 Å². The van der Waals surface area contributed by atoms with E-state index >= 15 is 0 Å². The molecule has 0 aromatic heterocycles. The van der Waals surface area contributed by atoms with E-state index in [9.17, 15) is 4.79 Å². The smallest absolute Gasteiger partial charge is 0.326 e. The Morgan fingerprint density at radius 3 is 2.67 bits per heavy atom. The molecular formula is C17H34N2O2. The van der Waals surface area contributed by atoms with Crippen LogP contribution in [-0.2, 0) is 9.53 Å². The van der Waals surface area contributed by atoms with Crippen LogP contribution in [0.4, 0.5) is 0 Å². The Labute approximate surface area is 130 Å². The minimum Gasteiger partial charge on any atom is -0.465 e. The summed E-state index contributed by atoms with van der Waals surface area (Å²) in [6, 6.07) is 0.403. The van der Waals surface area contributed by atoms with Gasteiger partial charge in [0, 0.05) is 12.6 Å². The first-order valence-corrected chi connectivity index (χ1v) is 8.63. The summed E-state index contributed by atoms with van der Waals surface area (Å²) in [4.78, 5) is 14.9. The Morgan fingerprint density at radius 2 is 2.14 bits per heavy atom. The highest BCUT2D eigenvalue weighted by atomic mass is 16.5. The fourth-order valence-corrected chi connectivity index (χ4v) is 3.24. The molecule has 1 fully saturated rings. The zero-order chi connectivity index (χ0) is 15.9. The molecule has 3 atom stereocenters. The van der Waals surface area contributed by atoms with Gasteiger partial charge < -0.3 is 15.0 Å². The van der Waals surface area contributed by atoms with Crippen LogP contribution in [0.1, 0.15) is 60.3 Å². The van der Waals surface area contributed by atoms with Gasteiger partial charge in [0.1, 0.15) is 5.54 Å². The van der Waals surface area contributed by atoms with Crippen molar-refractivity contribution in [3.8, 4) is 0 Å². The molecular weight excluding hydrogens is 264 g/mol. The maximum absolute atomic E-state index is 12.3. The monoisotopic (exact) mass is 298 g/mol. The van der Waals surface area contributed by atoms with Gasteiger partial charge in [0.25, 0.3) is 0 Å². The summed E-state index contributed by atoms with van der Waals surface area (Å²) in [5, 5.41) is 3.41. The molecule has 1 aliphatic heterocycles. The van der Waals surface area contributed by atoms with Crippen LogP contribution < -0.4 is 5.32 Å². The lowest BCUT2D eigenvalue weighted by atomic mass is 9.92. The van der Waals surface area contributed by atoms with Crippen LogP contribution in [0.2, 0.25) is 0 Å². The molecule has 0 aromatic rings. The highest BCUT2D eigenvalue weighted by molar-refractivity contribution is 5.80. The number of carbonyl (C=O) groups excluding carboxylic acids is 1. The Balaban J connectivity index is 2.64. The predicted octanol–water partition coefficient (Wildman–Crippen LogP) is 2.82. The van der Waals surface area contributed by atoms with E-state index in [1.54, 1.807) is 0 Å². The largest absolute Gasteiger partial charge is 0.465 e. The van der Waals surface area contributed by atoms with E-state index in [0.717, 1.165) is 31.8 Å². The molecule has 3 unspecified atom stereocenters. The molecule has 0 bridgehead atoms. The number of likely N-dealkylation sites (tertiary alicyclic amines) is 1. The Hall–Kier alpha value is -0.610. The highest BCUT2D eigenvalue weighted by Crippen LogP contribution is 2.25. The minimum absolute atomic E-state index is 0.114. The zero-order valence-electron chi connectivity index (χ0n) is 14.6. The zero-order valence-corrected chi connectivity index (χ0v) is 14.6. The fourth-order valence-electron chi connectivity index (χ4n) is 3.24. The first kappa shape index (κ1) is 18.4. The topological polar surface area (TPSA) is 41.6 Å². The fraction of sp³-hybridized carbons (Fsp3) is 0.941. The first-order valence-electron chi connectivity index (χ1n) is 8.63. The summed E-state index contributed by atoms with van der Waals surface area (Å²) >= 11 is 0. The molecule has 0 aromatic carbocycles. The minimum atomic E-state index is -0.574. The molecule has 124 valence electrons. The summed E-state index contributed by atoms with van der Waals surface area (Å²) in [5.41, 5.74) is -0.574. The quantitative estimate of drug-likeness (QED) is 0.665. The molecule has 0 saturated carbocycles. The van der Waals surface area contributed by atoms with Crippen LogP contribution in [0.5, 0.6) is 0 Å². The molecule has 21 heavy (non-hydrogen) atoms. The number of nitrogens with one attached hydrogen (secondary N) is 1. The second-order valence-electron chi connectivity index (χ2n) is 6.59. The number of hydrogen-bond acceptors (Lipinski definition) is 4. The maximum atomic E-state index is 12.3. The maximum Gasteiger partial charge on any atom is 0.326 e. The second kappa shape index (κ2) is 8.74. The molecule has 1 heterocycles. The van der Waals surface area contributed by atoms with Crippen molar-refractivity contribution in [1.29, 1.82) is 0 Å². The Morgan fingerprint density at radius 1 is 1.43 bits per heavy atom. The number of nitrogens with zero attached hydrogens (tertiary/aromatic N) is 1. The van der Waals surface area contributed by atoms with Crippen molar-refractivity contribution < 1.29 is 9.53 Å². The van der Waals surface area contributed by atoms with Gasteiger partial charge in [0.05, 0.1) is 6.61 Å². The van der Waals surface area contributed by atoms with Gasteiger partial charge in [0.15, 0.2) is 0 Å². The summed E-state index contributed by atoms with van der Waals surface area (Å²) < 4.78 is 5.29. The molecule has 0 radical (unpaired) electrons. The van der Waals surface area contributed by atoms with Crippen LogP contribution in [0.25, 0.3) is 0 Å². The molecule has 1 N–H and O–H groups in total. The van der Waals surface area contributed by atoms with Crippen LogP contribution in [0, 0.1) is 5.92 Å². The predicted molar refractivity (Wildman–Crippen MR) is 87.4 cm³/mol. The van der Waals surface area contributed by atoms with Crippen molar-refractivity contribution in [2.75, 3.05) is 26.2 Å². The molecule has 4 nitrogen and oxygen atoms in total. The number of ether oxygens (including phenoxy) is 1. The van der Waals surface area contributed by atoms with E-state index in [1.165, 1.54) is 19.4 Å². The van der Waals surface area contributed by atoms with Gasteiger partial charge in [-0.15, -0.1) is 0 Å². The van der Waals surface area contributed by atoms with E-state index in [0.29, 0.717) is 12.6 Å². The average molecular weight is 298 g/mol. The van der Waals surface area contributed by atoms with Gasteiger partial charge in [-0.2, -0.15) is 0 Å². The van der Waals surface area contributed by atoms with Gasteiger partial charge in [0.2, 0.25) is 0 Å². The molecule has 0 amide bonds. The second-order valence-corrected chi connectivity index (χ2v) is 6.59. The van der Waals surface area contributed by atoms with E-state index in [2.05, 4.69) is 31.0 Å². The third-order valence-electron chi connectivity index (χ3n) is 4.71. The molecule has 4 heteroatoms. The summed E-state index contributed by atoms with van der Waals surface area (Å²) in [7, 11) is 0. The lowest BCUT2D eigenvalue weighted by Gasteiger charge is -2.34. The van der Waals surface area contributed by atoms with Gasteiger partial charge in [-0.3, -0.25) is 4.79 Å². The third-order valence-corrected chi connectivity index (χ3v) is 4.71. The molecule has 1 saturated heterocycles. The van der Waals surface area contributed by atoms with Crippen molar-refractivity contribution in [2.45, 2.75) is 71.9 Å². The highest BCUT2D eigenvalue weighted by Gasteiger charge is 2.38. The number of rotatable bonds is 9. The van der Waals surface area contributed by atoms with E-state index in [1.807, 2.05) is 13.8 Å². The third kappa shape index (κ3) is 5.26. The van der Waals surface area contributed by atoms with Crippen molar-refractivity contribution in [3.63, 3.8) is 0 Å².